The van der Waals surface area contributed by atoms with Crippen molar-refractivity contribution in [1.29, 1.82) is 0 Å². The Bertz CT molecular complexity index is 1230. The van der Waals surface area contributed by atoms with Gasteiger partial charge in [0.05, 0.1) is 12.3 Å². The zero-order valence-electron chi connectivity index (χ0n) is 18.1. The quantitative estimate of drug-likeness (QED) is 0.450. The van der Waals surface area contributed by atoms with Crippen LogP contribution in [0.4, 0.5) is 10.5 Å². The second kappa shape index (κ2) is 9.06. The monoisotopic (exact) mass is 428 g/mol. The second-order valence-corrected chi connectivity index (χ2v) is 7.52. The average Bonchev–Trinajstić information content (AvgIpc) is 2.81. The number of amides is 4. The minimum atomic E-state index is -0.762. The summed E-state index contributed by atoms with van der Waals surface area (Å²) in [7, 11) is 0. The lowest BCUT2D eigenvalue weighted by molar-refractivity contribution is -0.122. The van der Waals surface area contributed by atoms with E-state index in [0.717, 1.165) is 34.1 Å². The van der Waals surface area contributed by atoms with Gasteiger partial charge in [-0.2, -0.15) is 0 Å². The Morgan fingerprint density at radius 2 is 1.69 bits per heavy atom. The maximum atomic E-state index is 13.3. The molecule has 0 spiro atoms. The van der Waals surface area contributed by atoms with E-state index >= 15 is 0 Å². The van der Waals surface area contributed by atoms with E-state index in [4.69, 9.17) is 4.74 Å². The fraction of sp³-hybridized carbons (Fsp3) is 0.192. The third-order valence-electron chi connectivity index (χ3n) is 5.39. The van der Waals surface area contributed by atoms with Gasteiger partial charge in [-0.3, -0.25) is 14.9 Å². The van der Waals surface area contributed by atoms with Crippen LogP contribution in [0, 0.1) is 0 Å². The van der Waals surface area contributed by atoms with Gasteiger partial charge in [0.25, 0.3) is 11.8 Å². The Kier molecular flexibility index (Phi) is 6.03. The molecule has 1 aliphatic rings. The summed E-state index contributed by atoms with van der Waals surface area (Å²) in [5, 5.41) is 4.09. The lowest BCUT2D eigenvalue weighted by Gasteiger charge is -2.26. The number of aryl methyl sites for hydroxylation is 1. The molecule has 0 aromatic heterocycles. The first-order valence-electron chi connectivity index (χ1n) is 10.7. The largest absolute Gasteiger partial charge is 0.493 e. The number of rotatable bonds is 6. The highest BCUT2D eigenvalue weighted by Gasteiger charge is 2.37. The third kappa shape index (κ3) is 3.99. The number of hydrogen-bond donors (Lipinski definition) is 1. The van der Waals surface area contributed by atoms with Crippen molar-refractivity contribution in [2.45, 2.75) is 26.7 Å². The third-order valence-corrected chi connectivity index (χ3v) is 5.39. The number of benzene rings is 3. The van der Waals surface area contributed by atoms with Gasteiger partial charge in [-0.1, -0.05) is 56.3 Å². The topological polar surface area (TPSA) is 75.7 Å². The molecule has 32 heavy (non-hydrogen) atoms. The van der Waals surface area contributed by atoms with Crippen LogP contribution in [0.25, 0.3) is 16.8 Å². The van der Waals surface area contributed by atoms with Gasteiger partial charge >= 0.3 is 6.03 Å². The van der Waals surface area contributed by atoms with Gasteiger partial charge in [-0.25, -0.2) is 9.69 Å². The van der Waals surface area contributed by atoms with Crippen LogP contribution in [0.3, 0.4) is 0 Å². The first kappa shape index (κ1) is 21.3. The molecule has 1 saturated heterocycles. The van der Waals surface area contributed by atoms with Crippen LogP contribution in [0.1, 0.15) is 31.4 Å². The number of imide groups is 2. The zero-order valence-corrected chi connectivity index (χ0v) is 18.1. The molecule has 6 nitrogen and oxygen atoms in total. The molecule has 1 aliphatic heterocycles. The number of ether oxygens (including phenoxy) is 1. The summed E-state index contributed by atoms with van der Waals surface area (Å²) in [6.07, 6.45) is 3.18. The van der Waals surface area contributed by atoms with E-state index < -0.39 is 17.8 Å². The molecule has 0 saturated carbocycles. The molecule has 0 radical (unpaired) electrons. The molecule has 0 aliphatic carbocycles. The van der Waals surface area contributed by atoms with Gasteiger partial charge < -0.3 is 4.74 Å². The van der Waals surface area contributed by atoms with Crippen molar-refractivity contribution < 1.29 is 19.1 Å². The summed E-state index contributed by atoms with van der Waals surface area (Å²) < 4.78 is 5.90. The first-order valence-corrected chi connectivity index (χ1v) is 10.7. The highest BCUT2D eigenvalue weighted by Crippen LogP contribution is 2.32. The van der Waals surface area contributed by atoms with E-state index in [-0.39, 0.29) is 5.57 Å². The molecule has 4 amide bonds. The Balaban J connectivity index is 1.81. The van der Waals surface area contributed by atoms with Crippen molar-refractivity contribution in [3.05, 3.63) is 77.4 Å². The summed E-state index contributed by atoms with van der Waals surface area (Å²) in [5.41, 5.74) is 2.00. The van der Waals surface area contributed by atoms with Crippen LogP contribution in [-0.2, 0) is 16.0 Å². The molecular weight excluding hydrogens is 404 g/mol. The zero-order chi connectivity index (χ0) is 22.7. The van der Waals surface area contributed by atoms with E-state index in [9.17, 15) is 14.4 Å². The summed E-state index contributed by atoms with van der Waals surface area (Å²) in [6, 6.07) is 17.8. The number of anilines is 1. The lowest BCUT2D eigenvalue weighted by Crippen LogP contribution is -2.54. The molecule has 6 heteroatoms. The Morgan fingerprint density at radius 1 is 0.938 bits per heavy atom. The fourth-order valence-electron chi connectivity index (χ4n) is 3.68. The van der Waals surface area contributed by atoms with Crippen LogP contribution in [-0.4, -0.2) is 24.5 Å². The second-order valence-electron chi connectivity index (χ2n) is 7.52. The van der Waals surface area contributed by atoms with Gasteiger partial charge in [0.2, 0.25) is 0 Å². The van der Waals surface area contributed by atoms with E-state index in [1.54, 1.807) is 12.1 Å². The number of barbiturate groups is 1. The van der Waals surface area contributed by atoms with Crippen molar-refractivity contribution in [3.8, 4) is 5.75 Å². The summed E-state index contributed by atoms with van der Waals surface area (Å²) in [6.45, 7) is 4.53. The number of nitrogens with zero attached hydrogens (tertiary/aromatic N) is 1. The summed E-state index contributed by atoms with van der Waals surface area (Å²) in [5.74, 6) is -0.817. The number of carbonyl (C=O) groups is 3. The van der Waals surface area contributed by atoms with E-state index in [1.807, 2.05) is 62.4 Å². The van der Waals surface area contributed by atoms with Crippen molar-refractivity contribution in [1.82, 2.24) is 5.32 Å². The van der Waals surface area contributed by atoms with Crippen LogP contribution in [0.2, 0.25) is 0 Å². The normalized spacial score (nSPS) is 15.4. The molecule has 3 aromatic carbocycles. The molecule has 1 N–H and O–H groups in total. The standard InChI is InChI=1S/C26H24N2O4/c1-3-15-32-23-14-11-18-7-5-6-8-20(18)21(23)16-22-24(29)27-26(31)28(25(22)30)19-12-9-17(4-2)10-13-19/h5-14,16H,3-4,15H2,1-2H3,(H,27,29,31)/b22-16+. The van der Waals surface area contributed by atoms with Crippen molar-refractivity contribution >= 4 is 40.4 Å². The van der Waals surface area contributed by atoms with Crippen LogP contribution >= 0.6 is 0 Å². The predicted molar refractivity (Wildman–Crippen MR) is 125 cm³/mol. The molecule has 3 aromatic rings. The van der Waals surface area contributed by atoms with Crippen LogP contribution in [0.5, 0.6) is 5.75 Å². The van der Waals surface area contributed by atoms with Crippen LogP contribution in [0.15, 0.2) is 66.2 Å². The molecule has 1 fully saturated rings. The highest BCUT2D eigenvalue weighted by molar-refractivity contribution is 6.39. The highest BCUT2D eigenvalue weighted by atomic mass is 16.5. The maximum Gasteiger partial charge on any atom is 0.335 e. The minimum absolute atomic E-state index is 0.123. The van der Waals surface area contributed by atoms with E-state index in [0.29, 0.717) is 23.6 Å². The summed E-state index contributed by atoms with van der Waals surface area (Å²) in [4.78, 5) is 39.5. The van der Waals surface area contributed by atoms with E-state index in [1.165, 1.54) is 6.08 Å². The molecule has 4 rings (SSSR count). The Morgan fingerprint density at radius 3 is 2.41 bits per heavy atom. The molecule has 0 atom stereocenters. The predicted octanol–water partition coefficient (Wildman–Crippen LogP) is 4.86. The Labute approximate surface area is 186 Å². The number of urea groups is 1. The van der Waals surface area contributed by atoms with Crippen molar-refractivity contribution in [3.63, 3.8) is 0 Å². The molecular formula is C26H24N2O4. The fourth-order valence-corrected chi connectivity index (χ4v) is 3.68. The summed E-state index contributed by atoms with van der Waals surface area (Å²) >= 11 is 0. The SMILES string of the molecule is CCCOc1ccc2ccccc2c1/C=C1\C(=O)NC(=O)N(c2ccc(CC)cc2)C1=O. The van der Waals surface area contributed by atoms with Gasteiger partial charge in [0, 0.05) is 5.56 Å². The van der Waals surface area contributed by atoms with Gasteiger partial charge in [-0.15, -0.1) is 0 Å². The maximum absolute atomic E-state index is 13.3. The lowest BCUT2D eigenvalue weighted by atomic mass is 9.99. The first-order chi connectivity index (χ1) is 15.5. The number of carbonyl (C=O) groups excluding carboxylic acids is 3. The number of fused-ring (bicyclic) bond motifs is 1. The number of nitrogens with one attached hydrogen (secondary N) is 1. The van der Waals surface area contributed by atoms with Gasteiger partial charge in [0.1, 0.15) is 11.3 Å². The van der Waals surface area contributed by atoms with Gasteiger partial charge in [0.15, 0.2) is 0 Å². The molecule has 1 heterocycles. The van der Waals surface area contributed by atoms with E-state index in [2.05, 4.69) is 5.32 Å². The number of hydrogen-bond acceptors (Lipinski definition) is 4. The van der Waals surface area contributed by atoms with Crippen molar-refractivity contribution in [2.75, 3.05) is 11.5 Å². The van der Waals surface area contributed by atoms with Crippen LogP contribution < -0.4 is 15.0 Å². The molecule has 0 unspecified atom stereocenters. The van der Waals surface area contributed by atoms with Crippen molar-refractivity contribution in [2.24, 2.45) is 0 Å². The molecule has 162 valence electrons. The minimum Gasteiger partial charge on any atom is -0.493 e. The van der Waals surface area contributed by atoms with Gasteiger partial charge in [-0.05, 0) is 53.5 Å². The Hall–Kier alpha value is -3.93. The smallest absolute Gasteiger partial charge is 0.335 e. The average molecular weight is 428 g/mol. The molecule has 0 bridgehead atoms.